The highest BCUT2D eigenvalue weighted by Gasteiger charge is 2.34. The predicted octanol–water partition coefficient (Wildman–Crippen LogP) is 23.2. The van der Waals surface area contributed by atoms with Crippen LogP contribution in [0.1, 0.15) is 250 Å². The summed E-state index contributed by atoms with van der Waals surface area (Å²) in [6.45, 7) is 25.8. The van der Waals surface area contributed by atoms with Gasteiger partial charge in [-0.2, -0.15) is 0 Å². The molecule has 0 saturated heterocycles. The fourth-order valence-electron chi connectivity index (χ4n) is 14.3. The fraction of sp³-hybridized carbons (Fsp3) is 0.402. The minimum absolute atomic E-state index is 0.0992. The zero-order valence-electron chi connectivity index (χ0n) is 54.0. The molecule has 2 nitrogen and oxygen atoms in total. The number of thioether (sulfide) groups is 1. The molecular weight excluding hydrogens is 1100 g/mol. The van der Waals surface area contributed by atoms with E-state index in [1.165, 1.54) is 113 Å². The van der Waals surface area contributed by atoms with Crippen LogP contribution in [-0.2, 0) is 37.5 Å². The number of aryl methyl sites for hydroxylation is 5. The molecule has 0 saturated carbocycles. The largest absolute Gasteiger partial charge is 0.493 e. The van der Waals surface area contributed by atoms with Gasteiger partial charge in [0.25, 0.3) is 0 Å². The van der Waals surface area contributed by atoms with Crippen molar-refractivity contribution < 1.29 is 13.9 Å². The Bertz CT molecular complexity index is 3450. The summed E-state index contributed by atoms with van der Waals surface area (Å²) in [7, 11) is 0. The van der Waals surface area contributed by atoms with Crippen LogP contribution in [0.3, 0.4) is 0 Å². The van der Waals surface area contributed by atoms with E-state index in [-0.39, 0.29) is 5.82 Å². The third-order valence-corrected chi connectivity index (χ3v) is 21.2. The Kier molecular flexibility index (Phi) is 22.8. The van der Waals surface area contributed by atoms with Crippen molar-refractivity contribution in [2.24, 2.45) is 0 Å². The van der Waals surface area contributed by atoms with E-state index in [0.29, 0.717) is 41.3 Å². The number of Topliss-reactive ketones (excluding diaryl/α,β-unsaturated/α-hetero) is 1. The second-order valence-electron chi connectivity index (χ2n) is 26.7. The molecule has 6 aliphatic carbocycles. The lowest BCUT2D eigenvalue weighted by Gasteiger charge is -2.18. The molecule has 0 spiro atoms. The van der Waals surface area contributed by atoms with Gasteiger partial charge in [0, 0.05) is 39.1 Å². The van der Waals surface area contributed by atoms with Crippen molar-refractivity contribution >= 4 is 29.1 Å². The van der Waals surface area contributed by atoms with Crippen LogP contribution in [0, 0.1) is 5.82 Å². The van der Waals surface area contributed by atoms with Crippen molar-refractivity contribution in [2.75, 3.05) is 12.4 Å². The first-order valence-electron chi connectivity index (χ1n) is 32.8. The van der Waals surface area contributed by atoms with Crippen molar-refractivity contribution in [3.63, 3.8) is 0 Å². The molecule has 0 radical (unpaired) electrons. The van der Waals surface area contributed by atoms with E-state index in [1.807, 2.05) is 60.3 Å². The molecule has 0 aromatic heterocycles. The summed E-state index contributed by atoms with van der Waals surface area (Å²) in [4.78, 5) is 12.8. The van der Waals surface area contributed by atoms with Gasteiger partial charge in [-0.3, -0.25) is 4.79 Å². The van der Waals surface area contributed by atoms with E-state index < -0.39 is 0 Å². The molecule has 8 aromatic rings. The van der Waals surface area contributed by atoms with E-state index in [1.54, 1.807) is 45.5 Å². The number of rotatable bonds is 1. The topological polar surface area (TPSA) is 26.3 Å². The second-order valence-corrected chi connectivity index (χ2v) is 28.2. The van der Waals surface area contributed by atoms with Crippen LogP contribution in [0.5, 0.6) is 5.75 Å². The molecular formula is C82H96ClFO2S. The minimum atomic E-state index is -0.0992. The zero-order chi connectivity index (χ0) is 61.8. The summed E-state index contributed by atoms with van der Waals surface area (Å²) in [6.07, 6.45) is 13.2. The van der Waals surface area contributed by atoms with E-state index in [4.69, 9.17) is 16.3 Å². The molecule has 87 heavy (non-hydrogen) atoms. The Labute approximate surface area is 532 Å². The van der Waals surface area contributed by atoms with Gasteiger partial charge < -0.3 is 4.74 Å². The van der Waals surface area contributed by atoms with E-state index >= 15 is 0 Å². The molecule has 16 rings (SSSR count). The highest BCUT2D eigenvalue weighted by molar-refractivity contribution is 7.99. The summed E-state index contributed by atoms with van der Waals surface area (Å²) in [6, 6.07) is 60.8. The van der Waals surface area contributed by atoms with Gasteiger partial charge in [-0.1, -0.05) is 227 Å². The Morgan fingerprint density at radius 1 is 0.483 bits per heavy atom. The number of ether oxygens (including phenoxy) is 1. The summed E-state index contributed by atoms with van der Waals surface area (Å²) in [5.74, 6) is 7.99. The molecule has 0 bridgehead atoms. The number of carbonyl (C=O) groups excluding carboxylic acids is 1. The average molecular weight is 1200 g/mol. The van der Waals surface area contributed by atoms with Gasteiger partial charge in [-0.25, -0.2) is 4.39 Å². The van der Waals surface area contributed by atoms with Crippen molar-refractivity contribution in [2.45, 2.75) is 204 Å². The van der Waals surface area contributed by atoms with E-state index in [0.717, 1.165) is 53.0 Å². The van der Waals surface area contributed by atoms with Gasteiger partial charge in [0.05, 0.1) is 6.61 Å². The highest BCUT2D eigenvalue weighted by Crippen LogP contribution is 2.45. The molecule has 456 valence electrons. The average Bonchev–Trinajstić information content (AvgIpc) is 4.64. The maximum atomic E-state index is 12.7. The summed E-state index contributed by atoms with van der Waals surface area (Å²) >= 11 is 7.86. The van der Waals surface area contributed by atoms with E-state index in [9.17, 15) is 9.18 Å². The van der Waals surface area contributed by atoms with Gasteiger partial charge in [-0.15, -0.1) is 11.8 Å². The summed E-state index contributed by atoms with van der Waals surface area (Å²) in [5, 5.41) is 0.873. The van der Waals surface area contributed by atoms with Gasteiger partial charge >= 0.3 is 0 Å². The van der Waals surface area contributed by atoms with Crippen molar-refractivity contribution in [3.8, 4) is 5.75 Å². The molecule has 0 fully saturated rings. The van der Waals surface area contributed by atoms with Crippen molar-refractivity contribution in [1.82, 2.24) is 0 Å². The quantitative estimate of drug-likeness (QED) is 0.164. The first-order valence-corrected chi connectivity index (χ1v) is 34.2. The highest BCUT2D eigenvalue weighted by atomic mass is 35.5. The maximum Gasteiger partial charge on any atom is 0.163 e. The van der Waals surface area contributed by atoms with Crippen LogP contribution in [-0.4, -0.2) is 18.1 Å². The lowest BCUT2D eigenvalue weighted by molar-refractivity contribution is 0.0990. The molecule has 8 aliphatic rings. The Morgan fingerprint density at radius 2 is 1.01 bits per heavy atom. The number of hydrogen-bond acceptors (Lipinski definition) is 3. The molecule has 2 aliphatic heterocycles. The maximum absolute atomic E-state index is 12.7. The molecule has 8 atom stereocenters. The van der Waals surface area contributed by atoms with Gasteiger partial charge in [0.2, 0.25) is 0 Å². The normalized spacial score (nSPS) is 22.4. The molecule has 0 amide bonds. The van der Waals surface area contributed by atoms with Gasteiger partial charge in [0.15, 0.2) is 5.78 Å². The number of benzene rings is 8. The van der Waals surface area contributed by atoms with E-state index in [2.05, 4.69) is 191 Å². The third-order valence-electron chi connectivity index (χ3n) is 19.6. The Hall–Kier alpha value is -6.20. The number of carbonyl (C=O) groups is 1. The number of hydrogen-bond donors (Lipinski definition) is 0. The van der Waals surface area contributed by atoms with Crippen LogP contribution >= 0.6 is 23.4 Å². The first kappa shape index (κ1) is 65.3. The van der Waals surface area contributed by atoms with Crippen LogP contribution in [0.15, 0.2) is 181 Å². The first-order chi connectivity index (χ1) is 41.9. The predicted molar refractivity (Wildman–Crippen MR) is 369 cm³/mol. The Balaban J connectivity index is 0.000000119. The van der Waals surface area contributed by atoms with Crippen LogP contribution < -0.4 is 4.74 Å². The van der Waals surface area contributed by atoms with Crippen LogP contribution in [0.25, 0.3) is 0 Å². The SMILES string of the molecule is CC1CC(=O)c2ccccc21.CC1CC(C)(C)c2ccccc21.CC1CCc2cc(F)ccc21.CC1CCc2ccc(Cl)cc21.CC1CCc2ccccc21.CC1COc2ccccc21.CC1CSc2ccccc21.CCc1ccc2c(c1)CCC2C. The minimum Gasteiger partial charge on any atom is -0.493 e. The van der Waals surface area contributed by atoms with Gasteiger partial charge in [-0.05, 0) is 220 Å². The van der Waals surface area contributed by atoms with Crippen LogP contribution in [0.2, 0.25) is 5.02 Å². The number of halogens is 2. The number of ketones is 1. The summed E-state index contributed by atoms with van der Waals surface area (Å²) in [5.41, 5.74) is 21.8. The standard InChI is InChI=1S/2C12H16.C10H11Cl.C10H11F.C10H10O.C10H12.C9H10O.C9H10S/c1-9-8-12(2,3)11-7-5-4-6-10(9)11;1-3-10-5-7-12-9(2)4-6-11(12)8-10;1-7-2-3-8-4-5-9(11)6-10(7)8;1-7-2-3-8-6-9(11)4-5-10(7)8;1-7-6-10(11)9-5-3-2-4-8(7)9;1-8-6-7-9-4-2-3-5-10(8)9;2*1-7-6-10-9-5-3-2-4-8(7)9/h4-7,9H,8H2,1-3H3;5,7-9H,3-4,6H2,1-2H3;2*4-7H,2-3H2,1H3;2-5,7H,6H2,1H3;2-5,8H,6-7H2,1H3;2*2-5,7H,6H2,1H3. The Morgan fingerprint density at radius 3 is 1.64 bits per heavy atom. The molecule has 0 N–H and O–H groups in total. The smallest absolute Gasteiger partial charge is 0.163 e. The fourth-order valence-corrected chi connectivity index (χ4v) is 15.7. The number of para-hydroxylation sites is 1. The summed E-state index contributed by atoms with van der Waals surface area (Å²) < 4.78 is 18.1. The molecule has 8 unspecified atom stereocenters. The van der Waals surface area contributed by atoms with Crippen molar-refractivity contribution in [1.29, 1.82) is 0 Å². The second kappa shape index (κ2) is 30.3. The van der Waals surface area contributed by atoms with Crippen LogP contribution in [0.4, 0.5) is 4.39 Å². The number of fused-ring (bicyclic) bond motifs is 8. The van der Waals surface area contributed by atoms with Crippen molar-refractivity contribution in [3.05, 3.63) is 270 Å². The van der Waals surface area contributed by atoms with Gasteiger partial charge in [0.1, 0.15) is 11.6 Å². The zero-order valence-corrected chi connectivity index (χ0v) is 55.6. The molecule has 5 heteroatoms. The third kappa shape index (κ3) is 16.6. The monoisotopic (exact) mass is 1200 g/mol. The molecule has 8 aromatic carbocycles. The lowest BCUT2D eigenvalue weighted by Crippen LogP contribution is -2.11. The lowest BCUT2D eigenvalue weighted by atomic mass is 9.86. The molecule has 2 heterocycles.